The first-order chi connectivity index (χ1) is 6.94. The Labute approximate surface area is 91.1 Å². The number of anilines is 1. The summed E-state index contributed by atoms with van der Waals surface area (Å²) < 4.78 is 26.9. The van der Waals surface area contributed by atoms with Gasteiger partial charge in [-0.1, -0.05) is 6.92 Å². The van der Waals surface area contributed by atoms with Gasteiger partial charge >= 0.3 is 5.97 Å². The van der Waals surface area contributed by atoms with Crippen molar-refractivity contribution < 1.29 is 18.3 Å². The van der Waals surface area contributed by atoms with Gasteiger partial charge in [-0.15, -0.1) is 11.3 Å². The van der Waals surface area contributed by atoms with Crippen molar-refractivity contribution >= 4 is 32.5 Å². The van der Waals surface area contributed by atoms with Crippen LogP contribution in [0.5, 0.6) is 0 Å². The van der Waals surface area contributed by atoms with E-state index >= 15 is 0 Å². The third-order valence-corrected chi connectivity index (χ3v) is 3.66. The Morgan fingerprint density at radius 1 is 1.53 bits per heavy atom. The molecule has 0 unspecified atom stereocenters. The van der Waals surface area contributed by atoms with Gasteiger partial charge in [-0.25, -0.2) is 4.79 Å². The van der Waals surface area contributed by atoms with E-state index in [1.54, 1.807) is 6.92 Å². The Balaban J connectivity index is 2.77. The third kappa shape index (κ3) is 3.50. The van der Waals surface area contributed by atoms with Crippen LogP contribution in [0.2, 0.25) is 0 Å². The summed E-state index contributed by atoms with van der Waals surface area (Å²) in [5, 5.41) is 8.89. The Morgan fingerprint density at radius 2 is 2.20 bits per heavy atom. The zero-order valence-corrected chi connectivity index (χ0v) is 9.48. The van der Waals surface area contributed by atoms with Crippen molar-refractivity contribution in [1.82, 2.24) is 4.72 Å². The minimum absolute atomic E-state index is 0.0872. The predicted octanol–water partition coefficient (Wildman–Crippen LogP) is 0.712. The monoisotopic (exact) mass is 250 g/mol. The van der Waals surface area contributed by atoms with Crippen LogP contribution in [-0.2, 0) is 10.2 Å². The number of hydrogen-bond donors (Lipinski definition) is 3. The average molecular weight is 250 g/mol. The number of thiophene rings is 1. The highest BCUT2D eigenvalue weighted by molar-refractivity contribution is 7.91. The van der Waals surface area contributed by atoms with E-state index < -0.39 is 16.2 Å². The Hall–Kier alpha value is -1.12. The van der Waals surface area contributed by atoms with Gasteiger partial charge in [0.05, 0.1) is 0 Å². The van der Waals surface area contributed by atoms with Crippen LogP contribution in [0.1, 0.15) is 16.6 Å². The van der Waals surface area contributed by atoms with E-state index in [1.165, 1.54) is 12.1 Å². The van der Waals surface area contributed by atoms with Crippen molar-refractivity contribution in [3.63, 3.8) is 0 Å². The second kappa shape index (κ2) is 4.60. The van der Waals surface area contributed by atoms with Gasteiger partial charge < -0.3 is 5.11 Å². The van der Waals surface area contributed by atoms with Crippen LogP contribution in [0.3, 0.4) is 0 Å². The van der Waals surface area contributed by atoms with Crippen molar-refractivity contribution in [2.24, 2.45) is 0 Å². The second-order valence-electron chi connectivity index (χ2n) is 2.57. The number of nitrogens with one attached hydrogen (secondary N) is 2. The van der Waals surface area contributed by atoms with Gasteiger partial charge in [0.1, 0.15) is 9.88 Å². The molecular formula is C7H10N2O4S2. The van der Waals surface area contributed by atoms with Gasteiger partial charge in [-0.2, -0.15) is 13.1 Å². The highest BCUT2D eigenvalue weighted by atomic mass is 32.2. The molecule has 0 aliphatic carbocycles. The standard InChI is InChI=1S/C7H10N2O4S2/c1-2-8-15(12,13)9-6-4-3-5(14-6)7(10)11/h3-4,8-9H,2H2,1H3,(H,10,11). The summed E-state index contributed by atoms with van der Waals surface area (Å²) in [6.45, 7) is 1.92. The summed E-state index contributed by atoms with van der Waals surface area (Å²) in [7, 11) is -3.58. The van der Waals surface area contributed by atoms with Crippen molar-refractivity contribution in [3.05, 3.63) is 17.0 Å². The summed E-state index contributed by atoms with van der Waals surface area (Å²) in [5.41, 5.74) is 0. The average Bonchev–Trinajstić information content (AvgIpc) is 2.51. The maximum absolute atomic E-state index is 11.2. The predicted molar refractivity (Wildman–Crippen MR) is 57.5 cm³/mol. The van der Waals surface area contributed by atoms with Crippen LogP contribution in [0.4, 0.5) is 5.00 Å². The molecule has 0 aliphatic heterocycles. The van der Waals surface area contributed by atoms with Gasteiger partial charge in [0.25, 0.3) is 10.2 Å². The van der Waals surface area contributed by atoms with Crippen LogP contribution in [-0.4, -0.2) is 26.0 Å². The number of carboxylic acid groups (broad SMARTS) is 1. The summed E-state index contributed by atoms with van der Waals surface area (Å²) in [6.07, 6.45) is 0. The zero-order valence-electron chi connectivity index (χ0n) is 7.85. The first-order valence-corrected chi connectivity index (χ1v) is 6.35. The molecule has 0 radical (unpaired) electrons. The van der Waals surface area contributed by atoms with Gasteiger partial charge in [0.2, 0.25) is 0 Å². The molecule has 0 spiro atoms. The fourth-order valence-corrected chi connectivity index (χ4v) is 2.74. The molecule has 0 saturated heterocycles. The molecule has 3 N–H and O–H groups in total. The first-order valence-electron chi connectivity index (χ1n) is 4.05. The molecule has 84 valence electrons. The van der Waals surface area contributed by atoms with E-state index in [9.17, 15) is 13.2 Å². The SMILES string of the molecule is CCNS(=O)(=O)Nc1ccc(C(=O)O)s1. The van der Waals surface area contributed by atoms with Crippen LogP contribution in [0.15, 0.2) is 12.1 Å². The minimum Gasteiger partial charge on any atom is -0.477 e. The maximum Gasteiger partial charge on any atom is 0.345 e. The summed E-state index contributed by atoms with van der Waals surface area (Å²) in [6, 6.07) is 2.75. The molecule has 0 amide bonds. The topological polar surface area (TPSA) is 95.5 Å². The van der Waals surface area contributed by atoms with Crippen LogP contribution < -0.4 is 9.44 Å². The number of rotatable bonds is 5. The Kier molecular flexibility index (Phi) is 3.66. The van der Waals surface area contributed by atoms with E-state index in [0.29, 0.717) is 0 Å². The van der Waals surface area contributed by atoms with Crippen LogP contribution >= 0.6 is 11.3 Å². The Bertz CT molecular complexity index is 451. The van der Waals surface area contributed by atoms with Crippen LogP contribution in [0.25, 0.3) is 0 Å². The van der Waals surface area contributed by atoms with Gasteiger partial charge in [0.15, 0.2) is 0 Å². The lowest BCUT2D eigenvalue weighted by atomic mass is 10.5. The van der Waals surface area contributed by atoms with Crippen LogP contribution in [0, 0.1) is 0 Å². The van der Waals surface area contributed by atoms with Gasteiger partial charge in [-0.3, -0.25) is 4.72 Å². The molecule has 1 heterocycles. The van der Waals surface area contributed by atoms with Crippen molar-refractivity contribution in [2.75, 3.05) is 11.3 Å². The normalized spacial score (nSPS) is 11.3. The van der Waals surface area contributed by atoms with Crippen molar-refractivity contribution in [2.45, 2.75) is 6.92 Å². The molecule has 0 atom stereocenters. The zero-order chi connectivity index (χ0) is 11.5. The minimum atomic E-state index is -3.58. The Morgan fingerprint density at radius 3 is 2.67 bits per heavy atom. The van der Waals surface area contributed by atoms with E-state index in [1.807, 2.05) is 0 Å². The first kappa shape index (κ1) is 12.0. The maximum atomic E-state index is 11.2. The van der Waals surface area contributed by atoms with E-state index in [0.717, 1.165) is 11.3 Å². The fraction of sp³-hybridized carbons (Fsp3) is 0.286. The molecule has 1 rings (SSSR count). The summed E-state index contributed by atoms with van der Waals surface area (Å²) in [5.74, 6) is -1.08. The molecule has 0 bridgehead atoms. The quantitative estimate of drug-likeness (QED) is 0.717. The lowest BCUT2D eigenvalue weighted by Crippen LogP contribution is -2.29. The van der Waals surface area contributed by atoms with Crippen molar-refractivity contribution in [3.8, 4) is 0 Å². The molecule has 1 aromatic rings. The van der Waals surface area contributed by atoms with Crippen molar-refractivity contribution in [1.29, 1.82) is 0 Å². The van der Waals surface area contributed by atoms with Gasteiger partial charge in [-0.05, 0) is 12.1 Å². The second-order valence-corrected chi connectivity index (χ2v) is 5.16. The van der Waals surface area contributed by atoms with E-state index in [2.05, 4.69) is 9.44 Å². The molecule has 15 heavy (non-hydrogen) atoms. The molecule has 1 aromatic heterocycles. The summed E-state index contributed by atoms with van der Waals surface area (Å²) >= 11 is 0.864. The molecule has 6 nitrogen and oxygen atoms in total. The number of carboxylic acids is 1. The molecule has 0 aliphatic rings. The number of carbonyl (C=O) groups is 1. The van der Waals surface area contributed by atoms with E-state index in [-0.39, 0.29) is 16.4 Å². The smallest absolute Gasteiger partial charge is 0.345 e. The number of hydrogen-bond acceptors (Lipinski definition) is 4. The van der Waals surface area contributed by atoms with Gasteiger partial charge in [0, 0.05) is 6.54 Å². The fourth-order valence-electron chi connectivity index (χ4n) is 0.866. The molecular weight excluding hydrogens is 240 g/mol. The third-order valence-electron chi connectivity index (χ3n) is 1.39. The lowest BCUT2D eigenvalue weighted by Gasteiger charge is -2.04. The molecule has 0 saturated carbocycles. The van der Waals surface area contributed by atoms with E-state index in [4.69, 9.17) is 5.11 Å². The largest absolute Gasteiger partial charge is 0.477 e. The summed E-state index contributed by atoms with van der Waals surface area (Å²) in [4.78, 5) is 10.6. The highest BCUT2D eigenvalue weighted by Crippen LogP contribution is 2.22. The molecule has 0 fully saturated rings. The number of aromatic carboxylic acids is 1. The molecule has 0 aromatic carbocycles. The highest BCUT2D eigenvalue weighted by Gasteiger charge is 2.12. The molecule has 8 heteroatoms. The lowest BCUT2D eigenvalue weighted by molar-refractivity contribution is 0.0702.